The van der Waals surface area contributed by atoms with Gasteiger partial charge in [0, 0.05) is 67.2 Å². The Balaban J connectivity index is 0.00000137. The van der Waals surface area contributed by atoms with Crippen molar-refractivity contribution >= 4 is 40.5 Å². The van der Waals surface area contributed by atoms with Gasteiger partial charge in [0.15, 0.2) is 0 Å². The van der Waals surface area contributed by atoms with Gasteiger partial charge in [0.25, 0.3) is 0 Å². The van der Waals surface area contributed by atoms with Crippen LogP contribution in [0.4, 0.5) is 11.4 Å². The van der Waals surface area contributed by atoms with Crippen molar-refractivity contribution < 1.29 is 9.53 Å². The molecule has 0 aliphatic carbocycles. The number of esters is 1. The third kappa shape index (κ3) is 14.4. The fourth-order valence-corrected chi connectivity index (χ4v) is 6.84. The van der Waals surface area contributed by atoms with E-state index in [1.54, 1.807) is 6.07 Å². The van der Waals surface area contributed by atoms with Gasteiger partial charge in [-0.05, 0) is 122 Å². The highest BCUT2D eigenvalue weighted by molar-refractivity contribution is 6.35. The number of hydrogen-bond donors (Lipinski definition) is 2. The molecular weight excluding hydrogens is 665 g/mol. The molecule has 7 nitrogen and oxygen atoms in total. The lowest BCUT2D eigenvalue weighted by molar-refractivity contribution is -0.141. The van der Waals surface area contributed by atoms with Crippen molar-refractivity contribution in [3.63, 3.8) is 0 Å². The third-order valence-corrected chi connectivity index (χ3v) is 9.25. The highest BCUT2D eigenvalue weighted by Gasteiger charge is 2.20. The first-order valence-corrected chi connectivity index (χ1v) is 19.5. The lowest BCUT2D eigenvalue weighted by Crippen LogP contribution is -2.46. The van der Waals surface area contributed by atoms with E-state index in [0.29, 0.717) is 16.5 Å². The van der Waals surface area contributed by atoms with Gasteiger partial charge in [-0.1, -0.05) is 70.8 Å². The zero-order valence-corrected chi connectivity index (χ0v) is 33.5. The van der Waals surface area contributed by atoms with Gasteiger partial charge < -0.3 is 20.3 Å². The summed E-state index contributed by atoms with van der Waals surface area (Å²) < 4.78 is 4.78. The molecular formula is C41H63Cl2N5O2. The van der Waals surface area contributed by atoms with E-state index in [9.17, 15) is 4.79 Å². The predicted octanol–water partition coefficient (Wildman–Crippen LogP) is 9.47. The van der Waals surface area contributed by atoms with Gasteiger partial charge in [0.2, 0.25) is 0 Å². The van der Waals surface area contributed by atoms with Crippen LogP contribution in [0.25, 0.3) is 11.1 Å². The van der Waals surface area contributed by atoms with Crippen molar-refractivity contribution in [1.29, 1.82) is 0 Å². The molecule has 2 saturated heterocycles. The van der Waals surface area contributed by atoms with Gasteiger partial charge >= 0.3 is 5.97 Å². The van der Waals surface area contributed by atoms with Crippen LogP contribution in [0.3, 0.4) is 0 Å². The Kier molecular flexibility index (Phi) is 21.1. The summed E-state index contributed by atoms with van der Waals surface area (Å²) in [4.78, 5) is 18.8. The lowest BCUT2D eigenvalue weighted by Gasteiger charge is -2.36. The van der Waals surface area contributed by atoms with Crippen molar-refractivity contribution in [3.05, 3.63) is 81.8 Å². The number of piperazine rings is 1. The summed E-state index contributed by atoms with van der Waals surface area (Å²) >= 11 is 12.8. The molecule has 0 spiro atoms. The fraction of sp³-hybridized carbons (Fsp3) is 0.537. The van der Waals surface area contributed by atoms with Crippen LogP contribution in [0.2, 0.25) is 10.0 Å². The molecule has 0 saturated carbocycles. The Morgan fingerprint density at radius 3 is 1.92 bits per heavy atom. The molecule has 5 rings (SSSR count). The van der Waals surface area contributed by atoms with Crippen molar-refractivity contribution in [1.82, 2.24) is 15.1 Å². The molecule has 278 valence electrons. The molecule has 0 aromatic heterocycles. The van der Waals surface area contributed by atoms with Gasteiger partial charge in [0.1, 0.15) is 0 Å². The van der Waals surface area contributed by atoms with E-state index in [1.165, 1.54) is 36.8 Å². The Hall–Kier alpha value is -2.81. The molecule has 2 fully saturated rings. The quantitative estimate of drug-likeness (QED) is 0.180. The number of piperidine rings is 1. The second-order valence-electron chi connectivity index (χ2n) is 12.0. The van der Waals surface area contributed by atoms with Gasteiger partial charge in [-0.25, -0.2) is 0 Å². The first-order valence-electron chi connectivity index (χ1n) is 18.7. The topological polar surface area (TPSA) is 60.1 Å². The minimum atomic E-state index is -0.146. The maximum Gasteiger partial charge on any atom is 0.306 e. The number of anilines is 2. The maximum atomic E-state index is 11.5. The summed E-state index contributed by atoms with van der Waals surface area (Å²) in [5.74, 6) is 0.623. The SMILES string of the molecule is CC.CC.CC.CNCC1CCN(Cc2cc(CNc3ccc(N4CCN(CCC(=O)OC)CC4)cc3)cc(-c3cc(Cl)cc(Cl)c3)c2)CC1. The van der Waals surface area contributed by atoms with E-state index >= 15 is 0 Å². The number of rotatable bonds is 12. The molecule has 0 bridgehead atoms. The summed E-state index contributed by atoms with van der Waals surface area (Å²) in [6.07, 6.45) is 2.92. The normalized spacial score (nSPS) is 15.0. The number of nitrogens with one attached hydrogen (secondary N) is 2. The van der Waals surface area contributed by atoms with Crippen LogP contribution in [0, 0.1) is 5.92 Å². The zero-order valence-electron chi connectivity index (χ0n) is 32.0. The average molecular weight is 729 g/mol. The Morgan fingerprint density at radius 1 is 0.760 bits per heavy atom. The molecule has 0 unspecified atom stereocenters. The van der Waals surface area contributed by atoms with Crippen LogP contribution < -0.4 is 15.5 Å². The minimum absolute atomic E-state index is 0.146. The summed E-state index contributed by atoms with van der Waals surface area (Å²) in [5.41, 5.74) is 7.02. The van der Waals surface area contributed by atoms with E-state index in [2.05, 4.69) is 67.8 Å². The number of halogens is 2. The highest BCUT2D eigenvalue weighted by Crippen LogP contribution is 2.30. The number of nitrogens with zero attached hydrogens (tertiary/aromatic N) is 3. The van der Waals surface area contributed by atoms with Gasteiger partial charge in [-0.15, -0.1) is 0 Å². The van der Waals surface area contributed by atoms with Crippen molar-refractivity contribution in [2.24, 2.45) is 5.92 Å². The highest BCUT2D eigenvalue weighted by atomic mass is 35.5. The Morgan fingerprint density at radius 2 is 1.34 bits per heavy atom. The molecule has 2 heterocycles. The van der Waals surface area contributed by atoms with E-state index in [-0.39, 0.29) is 5.97 Å². The number of benzene rings is 3. The summed E-state index contributed by atoms with van der Waals surface area (Å²) in [7, 11) is 3.49. The minimum Gasteiger partial charge on any atom is -0.469 e. The maximum absolute atomic E-state index is 11.5. The van der Waals surface area contributed by atoms with Gasteiger partial charge in [0.05, 0.1) is 13.5 Å². The molecule has 9 heteroatoms. The largest absolute Gasteiger partial charge is 0.469 e. The van der Waals surface area contributed by atoms with Crippen LogP contribution >= 0.6 is 23.2 Å². The van der Waals surface area contributed by atoms with E-state index < -0.39 is 0 Å². The third-order valence-electron chi connectivity index (χ3n) is 8.82. The molecule has 3 aromatic carbocycles. The smallest absolute Gasteiger partial charge is 0.306 e. The summed E-state index contributed by atoms with van der Waals surface area (Å²) in [6.45, 7) is 21.6. The number of likely N-dealkylation sites (tertiary alicyclic amines) is 1. The van der Waals surface area contributed by atoms with Crippen LogP contribution in [-0.2, 0) is 22.6 Å². The van der Waals surface area contributed by atoms with Crippen LogP contribution in [0.15, 0.2) is 60.7 Å². The van der Waals surface area contributed by atoms with Gasteiger partial charge in [-0.2, -0.15) is 0 Å². The fourth-order valence-electron chi connectivity index (χ4n) is 6.31. The standard InChI is InChI=1S/C35H45Cl2N5O2.3C2H6/c1-38-23-26-7-10-41(11-8-26)25-28-17-27(18-29(19-28)30-20-31(36)22-32(37)21-30)24-39-33-3-5-34(6-4-33)42-15-13-40(14-16-42)12-9-35(43)44-2;3*1-2/h3-6,17-22,26,38-39H,7-16,23-25H2,1-2H3;3*1-2H3. The lowest BCUT2D eigenvalue weighted by atomic mass is 9.95. The summed E-state index contributed by atoms with van der Waals surface area (Å²) in [6, 6.07) is 21.3. The van der Waals surface area contributed by atoms with E-state index in [1.807, 2.05) is 60.7 Å². The molecule has 0 atom stereocenters. The molecule has 3 aromatic rings. The Labute approximate surface area is 313 Å². The molecule has 2 aliphatic heterocycles. The summed E-state index contributed by atoms with van der Waals surface area (Å²) in [5, 5.41) is 8.27. The van der Waals surface area contributed by atoms with Crippen molar-refractivity contribution in [3.8, 4) is 11.1 Å². The number of carbonyl (C=O) groups excluding carboxylic acids is 1. The molecule has 2 N–H and O–H groups in total. The Bertz CT molecular complexity index is 1350. The molecule has 50 heavy (non-hydrogen) atoms. The van der Waals surface area contributed by atoms with Crippen LogP contribution in [0.1, 0.15) is 71.9 Å². The average Bonchev–Trinajstić information content (AvgIpc) is 3.16. The predicted molar refractivity (Wildman–Crippen MR) is 217 cm³/mol. The van der Waals surface area contributed by atoms with E-state index in [0.717, 1.165) is 88.2 Å². The number of carbonyl (C=O) groups is 1. The van der Waals surface area contributed by atoms with Crippen LogP contribution in [0.5, 0.6) is 0 Å². The molecule has 0 radical (unpaired) electrons. The monoisotopic (exact) mass is 727 g/mol. The number of hydrogen-bond acceptors (Lipinski definition) is 7. The first-order chi connectivity index (χ1) is 24.4. The first kappa shape index (κ1) is 43.4. The van der Waals surface area contributed by atoms with Crippen molar-refractivity contribution in [2.45, 2.75) is 73.9 Å². The zero-order chi connectivity index (χ0) is 36.9. The number of ether oxygens (including phenoxy) is 1. The van der Waals surface area contributed by atoms with E-state index in [4.69, 9.17) is 27.9 Å². The number of methoxy groups -OCH3 is 1. The second-order valence-corrected chi connectivity index (χ2v) is 12.9. The van der Waals surface area contributed by atoms with Crippen LogP contribution in [-0.4, -0.2) is 82.3 Å². The van der Waals surface area contributed by atoms with Gasteiger partial charge in [-0.3, -0.25) is 14.6 Å². The molecule has 0 amide bonds. The second kappa shape index (κ2) is 24.4. The molecule has 2 aliphatic rings. The van der Waals surface area contributed by atoms with Crippen molar-refractivity contribution in [2.75, 3.05) is 76.7 Å².